The standard InChI is InChI=1S/C28H24BF6NO4/c1-24(2)25(3,4)40-29(39-24)18-12-8-16(9-13-18)26(17-10-14-19(15-11-17)38-28(33,34)35)20-6-5-7-21(27(30,31)32)22(20)36-23(26)37/h5-15H,1-4H3,(H,36,37). The molecule has 3 aromatic carbocycles. The number of rotatable bonds is 4. The molecule has 0 aliphatic carbocycles. The molecule has 2 aliphatic rings. The van der Waals surface area contributed by atoms with E-state index < -0.39 is 59.2 Å². The molecule has 2 heterocycles. The average molecular weight is 563 g/mol. The molecule has 1 atom stereocenters. The summed E-state index contributed by atoms with van der Waals surface area (Å²) < 4.78 is 96.0. The Morgan fingerprint density at radius 2 is 1.30 bits per heavy atom. The van der Waals surface area contributed by atoms with Crippen molar-refractivity contribution in [3.63, 3.8) is 0 Å². The van der Waals surface area contributed by atoms with Gasteiger partial charge in [0.05, 0.1) is 22.5 Å². The molecule has 3 aromatic rings. The molecule has 1 saturated heterocycles. The van der Waals surface area contributed by atoms with Gasteiger partial charge in [0.25, 0.3) is 0 Å². The Hall–Kier alpha value is -3.51. The van der Waals surface area contributed by atoms with Crippen molar-refractivity contribution in [3.8, 4) is 5.75 Å². The number of benzene rings is 3. The van der Waals surface area contributed by atoms with Crippen LogP contribution in [0.5, 0.6) is 5.75 Å². The van der Waals surface area contributed by atoms with E-state index in [9.17, 15) is 31.1 Å². The van der Waals surface area contributed by atoms with Crippen molar-refractivity contribution in [2.75, 3.05) is 5.32 Å². The van der Waals surface area contributed by atoms with E-state index in [0.717, 1.165) is 18.2 Å². The fraction of sp³-hybridized carbons (Fsp3) is 0.321. The van der Waals surface area contributed by atoms with Crippen molar-refractivity contribution < 1.29 is 45.2 Å². The number of ether oxygens (including phenoxy) is 1. The summed E-state index contributed by atoms with van der Waals surface area (Å²) in [7, 11) is -0.727. The Balaban J connectivity index is 1.65. The lowest BCUT2D eigenvalue weighted by Gasteiger charge is -2.32. The highest BCUT2D eigenvalue weighted by atomic mass is 19.4. The van der Waals surface area contributed by atoms with Crippen LogP contribution in [0.3, 0.4) is 0 Å². The molecule has 12 heteroatoms. The number of nitrogens with one attached hydrogen (secondary N) is 1. The first-order valence-corrected chi connectivity index (χ1v) is 12.3. The number of para-hydroxylation sites is 1. The largest absolute Gasteiger partial charge is 0.573 e. The second-order valence-electron chi connectivity index (χ2n) is 10.7. The topological polar surface area (TPSA) is 56.8 Å². The van der Waals surface area contributed by atoms with Gasteiger partial charge in [0.15, 0.2) is 0 Å². The monoisotopic (exact) mass is 563 g/mol. The second kappa shape index (κ2) is 9.00. The molecule has 5 nitrogen and oxygen atoms in total. The third kappa shape index (κ3) is 4.52. The van der Waals surface area contributed by atoms with E-state index in [1.807, 2.05) is 27.7 Å². The first-order chi connectivity index (χ1) is 18.5. The van der Waals surface area contributed by atoms with Gasteiger partial charge >= 0.3 is 19.7 Å². The predicted octanol–water partition coefficient (Wildman–Crippen LogP) is 6.19. The number of halogens is 6. The fourth-order valence-electron chi connectivity index (χ4n) is 5.08. The maximum absolute atomic E-state index is 13.9. The van der Waals surface area contributed by atoms with E-state index in [-0.39, 0.29) is 11.1 Å². The van der Waals surface area contributed by atoms with Gasteiger partial charge in [0.2, 0.25) is 5.91 Å². The molecule has 0 saturated carbocycles. The van der Waals surface area contributed by atoms with Crippen LogP contribution in [-0.2, 0) is 25.7 Å². The highest BCUT2D eigenvalue weighted by Gasteiger charge is 2.54. The molecule has 1 amide bonds. The molecule has 0 spiro atoms. The van der Waals surface area contributed by atoms with Gasteiger partial charge in [0.1, 0.15) is 11.2 Å². The number of hydrogen-bond acceptors (Lipinski definition) is 4. The SMILES string of the molecule is CC1(C)OB(c2ccc(C3(c4ccc(OC(F)(F)F)cc4)C(=O)Nc4c(C(F)(F)F)cccc43)cc2)OC1(C)C. The Kier molecular flexibility index (Phi) is 6.31. The van der Waals surface area contributed by atoms with Crippen LogP contribution in [0.4, 0.5) is 32.0 Å². The van der Waals surface area contributed by atoms with E-state index in [0.29, 0.717) is 11.0 Å². The minimum absolute atomic E-state index is 0.0141. The smallest absolute Gasteiger partial charge is 0.406 e. The summed E-state index contributed by atoms with van der Waals surface area (Å²) in [5.74, 6) is -1.32. The summed E-state index contributed by atoms with van der Waals surface area (Å²) in [5, 5.41) is 2.38. The van der Waals surface area contributed by atoms with Crippen LogP contribution in [0.15, 0.2) is 66.7 Å². The summed E-state index contributed by atoms with van der Waals surface area (Å²) in [6, 6.07) is 14.4. The number of hydrogen-bond donors (Lipinski definition) is 1. The molecule has 0 bridgehead atoms. The van der Waals surface area contributed by atoms with Crippen LogP contribution >= 0.6 is 0 Å². The van der Waals surface area contributed by atoms with Gasteiger partial charge in [-0.2, -0.15) is 13.2 Å². The molecule has 1 fully saturated rings. The molecule has 1 N–H and O–H groups in total. The lowest BCUT2D eigenvalue weighted by atomic mass is 9.68. The number of carbonyl (C=O) groups is 1. The third-order valence-electron chi connectivity index (χ3n) is 7.74. The molecule has 0 aromatic heterocycles. The van der Waals surface area contributed by atoms with Gasteiger partial charge in [-0.3, -0.25) is 4.79 Å². The fourth-order valence-corrected chi connectivity index (χ4v) is 5.08. The Morgan fingerprint density at radius 3 is 1.80 bits per heavy atom. The van der Waals surface area contributed by atoms with Crippen molar-refractivity contribution in [1.82, 2.24) is 0 Å². The van der Waals surface area contributed by atoms with Gasteiger partial charge < -0.3 is 19.4 Å². The Bertz CT molecular complexity index is 1440. The summed E-state index contributed by atoms with van der Waals surface area (Å²) in [5.41, 5.74) is -3.39. The normalized spacial score (nSPS) is 21.8. The lowest BCUT2D eigenvalue weighted by molar-refractivity contribution is -0.274. The molecule has 5 rings (SSSR count). The second-order valence-corrected chi connectivity index (χ2v) is 10.7. The minimum atomic E-state index is -4.94. The Labute approximate surface area is 226 Å². The van der Waals surface area contributed by atoms with Crippen molar-refractivity contribution in [2.45, 2.75) is 56.9 Å². The van der Waals surface area contributed by atoms with E-state index in [1.165, 1.54) is 24.3 Å². The quantitative estimate of drug-likeness (QED) is 0.304. The van der Waals surface area contributed by atoms with Crippen LogP contribution < -0.4 is 15.5 Å². The third-order valence-corrected chi connectivity index (χ3v) is 7.74. The van der Waals surface area contributed by atoms with E-state index >= 15 is 0 Å². The van der Waals surface area contributed by atoms with E-state index in [1.54, 1.807) is 24.3 Å². The van der Waals surface area contributed by atoms with Crippen molar-refractivity contribution in [2.24, 2.45) is 0 Å². The first-order valence-electron chi connectivity index (χ1n) is 12.3. The van der Waals surface area contributed by atoms with Gasteiger partial charge in [-0.15, -0.1) is 13.2 Å². The van der Waals surface area contributed by atoms with Gasteiger partial charge in [-0.05, 0) is 62.5 Å². The zero-order valence-corrected chi connectivity index (χ0v) is 21.8. The summed E-state index contributed by atoms with van der Waals surface area (Å²) in [6.45, 7) is 7.56. The lowest BCUT2D eigenvalue weighted by Crippen LogP contribution is -2.41. The summed E-state index contributed by atoms with van der Waals surface area (Å²) >= 11 is 0. The Morgan fingerprint density at radius 1 is 0.775 bits per heavy atom. The predicted molar refractivity (Wildman–Crippen MR) is 135 cm³/mol. The van der Waals surface area contributed by atoms with Crippen LogP contribution in [0, 0.1) is 0 Å². The minimum Gasteiger partial charge on any atom is -0.406 e. The maximum atomic E-state index is 13.9. The number of alkyl halides is 6. The van der Waals surface area contributed by atoms with Crippen LogP contribution in [0.2, 0.25) is 0 Å². The zero-order valence-electron chi connectivity index (χ0n) is 21.8. The number of anilines is 1. The number of amides is 1. The van der Waals surface area contributed by atoms with Gasteiger partial charge in [-0.25, -0.2) is 0 Å². The molecule has 40 heavy (non-hydrogen) atoms. The van der Waals surface area contributed by atoms with E-state index in [4.69, 9.17) is 9.31 Å². The highest BCUT2D eigenvalue weighted by molar-refractivity contribution is 6.62. The maximum Gasteiger partial charge on any atom is 0.573 e. The van der Waals surface area contributed by atoms with Gasteiger partial charge in [-0.1, -0.05) is 48.5 Å². The van der Waals surface area contributed by atoms with Crippen LogP contribution in [-0.4, -0.2) is 30.6 Å². The van der Waals surface area contributed by atoms with Crippen LogP contribution in [0.1, 0.15) is 49.9 Å². The van der Waals surface area contributed by atoms with E-state index in [2.05, 4.69) is 10.1 Å². The highest BCUT2D eigenvalue weighted by Crippen LogP contribution is 2.51. The molecule has 0 radical (unpaired) electrons. The average Bonchev–Trinajstić information content (AvgIpc) is 3.26. The van der Waals surface area contributed by atoms with Gasteiger partial charge in [0, 0.05) is 5.56 Å². The van der Waals surface area contributed by atoms with Crippen molar-refractivity contribution in [1.29, 1.82) is 0 Å². The summed E-state index contributed by atoms with van der Waals surface area (Å²) in [6.07, 6.45) is -9.71. The molecule has 1 unspecified atom stereocenters. The summed E-state index contributed by atoms with van der Waals surface area (Å²) in [4.78, 5) is 13.7. The molecule has 210 valence electrons. The number of carbonyl (C=O) groups excluding carboxylic acids is 1. The molecule has 2 aliphatic heterocycles. The first kappa shape index (κ1) is 28.0. The van der Waals surface area contributed by atoms with Crippen LogP contribution in [0.25, 0.3) is 0 Å². The van der Waals surface area contributed by atoms with Crippen molar-refractivity contribution in [3.05, 3.63) is 89.0 Å². The molecular weight excluding hydrogens is 539 g/mol. The number of fused-ring (bicyclic) bond motifs is 1. The zero-order chi connectivity index (χ0) is 29.3. The van der Waals surface area contributed by atoms with Crippen molar-refractivity contribution >= 4 is 24.2 Å². The molecular formula is C28H24BF6NO4.